The fourth-order valence-corrected chi connectivity index (χ4v) is 3.03. The van der Waals surface area contributed by atoms with Gasteiger partial charge in [0.05, 0.1) is 0 Å². The quantitative estimate of drug-likeness (QED) is 0.846. The van der Waals surface area contributed by atoms with E-state index in [0.717, 1.165) is 30.3 Å². The molecule has 1 N–H and O–H groups in total. The van der Waals surface area contributed by atoms with Gasteiger partial charge in [-0.1, -0.05) is 26.2 Å². The van der Waals surface area contributed by atoms with Crippen molar-refractivity contribution in [2.45, 2.75) is 57.4 Å². The minimum Gasteiger partial charge on any atom is -0.461 e. The third kappa shape index (κ3) is 3.33. The van der Waals surface area contributed by atoms with Crippen molar-refractivity contribution in [2.24, 2.45) is 5.92 Å². The van der Waals surface area contributed by atoms with Gasteiger partial charge in [0.15, 0.2) is 0 Å². The molecule has 2 saturated carbocycles. The van der Waals surface area contributed by atoms with Gasteiger partial charge in [-0.05, 0) is 43.4 Å². The van der Waals surface area contributed by atoms with Crippen molar-refractivity contribution in [3.05, 3.63) is 29.7 Å². The second-order valence-corrected chi connectivity index (χ2v) is 6.24. The zero-order valence-electron chi connectivity index (χ0n) is 12.1. The van der Waals surface area contributed by atoms with Crippen LogP contribution in [0.5, 0.6) is 0 Å². The highest BCUT2D eigenvalue weighted by Crippen LogP contribution is 2.47. The molecule has 0 aromatic carbocycles. The fraction of sp³-hybridized carbons (Fsp3) is 0.588. The Morgan fingerprint density at radius 3 is 2.75 bits per heavy atom. The van der Waals surface area contributed by atoms with Gasteiger partial charge >= 0.3 is 0 Å². The molecule has 2 aliphatic carbocycles. The van der Waals surface area contributed by atoms with Crippen molar-refractivity contribution < 1.29 is 9.21 Å². The van der Waals surface area contributed by atoms with E-state index < -0.39 is 0 Å². The molecule has 3 heteroatoms. The van der Waals surface area contributed by atoms with E-state index in [1.54, 1.807) is 12.2 Å². The molecule has 3 rings (SSSR count). The summed E-state index contributed by atoms with van der Waals surface area (Å²) < 4.78 is 5.75. The zero-order valence-corrected chi connectivity index (χ0v) is 12.1. The molecule has 2 aliphatic rings. The van der Waals surface area contributed by atoms with Gasteiger partial charge in [0.2, 0.25) is 5.91 Å². The maximum Gasteiger partial charge on any atom is 0.244 e. The molecule has 0 radical (unpaired) electrons. The fourth-order valence-electron chi connectivity index (χ4n) is 3.03. The lowest BCUT2D eigenvalue weighted by molar-refractivity contribution is -0.117. The van der Waals surface area contributed by atoms with Gasteiger partial charge in [-0.3, -0.25) is 4.79 Å². The third-order valence-electron chi connectivity index (χ3n) is 4.47. The van der Waals surface area contributed by atoms with E-state index in [9.17, 15) is 4.79 Å². The Morgan fingerprint density at radius 1 is 1.30 bits per heavy atom. The summed E-state index contributed by atoms with van der Waals surface area (Å²) in [5.41, 5.74) is 0. The highest BCUT2D eigenvalue weighted by Gasteiger charge is 2.36. The van der Waals surface area contributed by atoms with Crippen LogP contribution in [-0.2, 0) is 4.79 Å². The lowest BCUT2D eigenvalue weighted by atomic mass is 9.95. The summed E-state index contributed by atoms with van der Waals surface area (Å²) in [5, 5.41) is 3.07. The molecular formula is C17H23NO2. The van der Waals surface area contributed by atoms with Crippen LogP contribution < -0.4 is 5.32 Å². The molecule has 0 aliphatic heterocycles. The van der Waals surface area contributed by atoms with Gasteiger partial charge in [0.25, 0.3) is 0 Å². The van der Waals surface area contributed by atoms with Crippen LogP contribution in [0, 0.1) is 5.92 Å². The minimum absolute atomic E-state index is 0.00496. The van der Waals surface area contributed by atoms with E-state index in [1.807, 2.05) is 12.1 Å². The second-order valence-electron chi connectivity index (χ2n) is 6.24. The van der Waals surface area contributed by atoms with Crippen LogP contribution in [-0.4, -0.2) is 11.9 Å². The van der Waals surface area contributed by atoms with Crippen molar-refractivity contribution in [1.29, 1.82) is 0 Å². The van der Waals surface area contributed by atoms with E-state index in [1.165, 1.54) is 25.7 Å². The summed E-state index contributed by atoms with van der Waals surface area (Å²) in [4.78, 5) is 11.9. The van der Waals surface area contributed by atoms with E-state index in [2.05, 4.69) is 12.2 Å². The molecule has 0 spiro atoms. The van der Waals surface area contributed by atoms with E-state index in [-0.39, 0.29) is 5.91 Å². The zero-order chi connectivity index (χ0) is 13.9. The van der Waals surface area contributed by atoms with Gasteiger partial charge in [0, 0.05) is 18.0 Å². The molecule has 1 aromatic rings. The number of carbonyl (C=O) groups excluding carboxylic acids is 1. The molecule has 3 nitrogen and oxygen atoms in total. The molecule has 20 heavy (non-hydrogen) atoms. The summed E-state index contributed by atoms with van der Waals surface area (Å²) in [5.74, 6) is 3.16. The minimum atomic E-state index is -0.00496. The normalized spacial score (nSPS) is 26.9. The highest BCUT2D eigenvalue weighted by molar-refractivity contribution is 5.91. The van der Waals surface area contributed by atoms with Crippen LogP contribution >= 0.6 is 0 Å². The predicted molar refractivity (Wildman–Crippen MR) is 79.3 cm³/mol. The Balaban J connectivity index is 1.51. The standard InChI is InChI=1S/C17H23NO2/c1-12-11-15(12)16-9-7-14(20-16)8-10-17(19)18-13-5-3-2-4-6-13/h7-10,12-13,15H,2-6,11H2,1H3,(H,18,19)/b10-8-/t12-,15-/m1/s1. The number of rotatable bonds is 4. The van der Waals surface area contributed by atoms with Crippen LogP contribution in [0.15, 0.2) is 22.6 Å². The van der Waals surface area contributed by atoms with Gasteiger partial charge in [-0.25, -0.2) is 0 Å². The Kier molecular flexibility index (Phi) is 3.95. The number of hydrogen-bond donors (Lipinski definition) is 1. The molecule has 108 valence electrons. The summed E-state index contributed by atoms with van der Waals surface area (Å²) in [6, 6.07) is 4.35. The van der Waals surface area contributed by atoms with Crippen LogP contribution in [0.3, 0.4) is 0 Å². The predicted octanol–water partition coefficient (Wildman–Crippen LogP) is 3.87. The number of carbonyl (C=O) groups is 1. The van der Waals surface area contributed by atoms with Crippen molar-refractivity contribution in [3.8, 4) is 0 Å². The van der Waals surface area contributed by atoms with Crippen molar-refractivity contribution >= 4 is 12.0 Å². The molecule has 1 amide bonds. The number of amides is 1. The maximum absolute atomic E-state index is 11.9. The molecule has 0 unspecified atom stereocenters. The highest BCUT2D eigenvalue weighted by atomic mass is 16.3. The van der Waals surface area contributed by atoms with Crippen LogP contribution in [0.25, 0.3) is 6.08 Å². The Hall–Kier alpha value is -1.51. The first kappa shape index (κ1) is 13.5. The number of hydrogen-bond acceptors (Lipinski definition) is 2. The van der Waals surface area contributed by atoms with Crippen LogP contribution in [0.4, 0.5) is 0 Å². The molecule has 2 fully saturated rings. The van der Waals surface area contributed by atoms with Gasteiger partial charge in [-0.2, -0.15) is 0 Å². The average molecular weight is 273 g/mol. The number of nitrogens with one attached hydrogen (secondary N) is 1. The first-order chi connectivity index (χ1) is 9.72. The van der Waals surface area contributed by atoms with E-state index >= 15 is 0 Å². The van der Waals surface area contributed by atoms with Gasteiger partial charge < -0.3 is 9.73 Å². The van der Waals surface area contributed by atoms with Gasteiger partial charge in [-0.15, -0.1) is 0 Å². The lowest BCUT2D eigenvalue weighted by Gasteiger charge is -2.21. The molecule has 1 heterocycles. The Labute approximate surface area is 120 Å². The average Bonchev–Trinajstić information content (AvgIpc) is 3.01. The summed E-state index contributed by atoms with van der Waals surface area (Å²) in [7, 11) is 0. The Bertz CT molecular complexity index is 497. The van der Waals surface area contributed by atoms with Crippen molar-refractivity contribution in [3.63, 3.8) is 0 Å². The molecule has 1 aromatic heterocycles. The monoisotopic (exact) mass is 273 g/mol. The lowest BCUT2D eigenvalue weighted by Crippen LogP contribution is -2.34. The molecule has 2 atom stereocenters. The Morgan fingerprint density at radius 2 is 2.05 bits per heavy atom. The van der Waals surface area contributed by atoms with Crippen LogP contribution in [0.2, 0.25) is 0 Å². The third-order valence-corrected chi connectivity index (χ3v) is 4.47. The smallest absolute Gasteiger partial charge is 0.244 e. The van der Waals surface area contributed by atoms with E-state index in [0.29, 0.717) is 12.0 Å². The summed E-state index contributed by atoms with van der Waals surface area (Å²) in [6.07, 6.45) is 10.6. The second kappa shape index (κ2) is 5.86. The topological polar surface area (TPSA) is 42.2 Å². The molecular weight excluding hydrogens is 250 g/mol. The summed E-state index contributed by atoms with van der Waals surface area (Å²) in [6.45, 7) is 2.24. The summed E-state index contributed by atoms with van der Waals surface area (Å²) >= 11 is 0. The largest absolute Gasteiger partial charge is 0.461 e. The maximum atomic E-state index is 11.9. The van der Waals surface area contributed by atoms with Crippen LogP contribution in [0.1, 0.15) is 62.9 Å². The molecule has 0 bridgehead atoms. The van der Waals surface area contributed by atoms with E-state index in [4.69, 9.17) is 4.42 Å². The van der Waals surface area contributed by atoms with Crippen molar-refractivity contribution in [1.82, 2.24) is 5.32 Å². The van der Waals surface area contributed by atoms with Gasteiger partial charge in [0.1, 0.15) is 11.5 Å². The molecule has 0 saturated heterocycles. The first-order valence-corrected chi connectivity index (χ1v) is 7.80. The SMILES string of the molecule is C[C@@H]1C[C@H]1c1ccc(/C=C\C(=O)NC2CCCCC2)o1. The van der Waals surface area contributed by atoms with Crippen molar-refractivity contribution in [2.75, 3.05) is 0 Å². The first-order valence-electron chi connectivity index (χ1n) is 7.80. The number of furan rings is 1.